The van der Waals surface area contributed by atoms with Gasteiger partial charge >= 0.3 is 11.9 Å². The molecule has 2 aliphatic heterocycles. The molecule has 2 aliphatic rings. The van der Waals surface area contributed by atoms with Gasteiger partial charge in [-0.15, -0.1) is 0 Å². The van der Waals surface area contributed by atoms with Gasteiger partial charge in [-0.1, -0.05) is 5.06 Å². The van der Waals surface area contributed by atoms with E-state index in [1.54, 1.807) is 18.2 Å². The van der Waals surface area contributed by atoms with Crippen LogP contribution in [0, 0.1) is 0 Å². The van der Waals surface area contributed by atoms with E-state index in [0.29, 0.717) is 23.8 Å². The molecule has 2 unspecified atom stereocenters. The fourth-order valence-electron chi connectivity index (χ4n) is 2.06. The van der Waals surface area contributed by atoms with E-state index in [-0.39, 0.29) is 0 Å². The fourth-order valence-corrected chi connectivity index (χ4v) is 2.06. The number of hydroxylamine groups is 2. The summed E-state index contributed by atoms with van der Waals surface area (Å²) in [5.74, 6) is -0.385. The third-order valence-electron chi connectivity index (χ3n) is 3.17. The highest BCUT2D eigenvalue weighted by atomic mass is 16.8. The Hall–Kier alpha value is -2.48. The highest BCUT2D eigenvalue weighted by Crippen LogP contribution is 2.32. The number of esters is 1. The molecular formula is C13H13NO7. The van der Waals surface area contributed by atoms with Crippen molar-refractivity contribution in [3.63, 3.8) is 0 Å². The Kier molecular flexibility index (Phi) is 3.30. The molecule has 0 bridgehead atoms. The van der Waals surface area contributed by atoms with E-state index in [1.807, 2.05) is 0 Å². The van der Waals surface area contributed by atoms with Crippen LogP contribution in [-0.2, 0) is 19.2 Å². The number of fused-ring (bicyclic) bond motifs is 1. The van der Waals surface area contributed by atoms with Crippen LogP contribution in [0.25, 0.3) is 0 Å². The van der Waals surface area contributed by atoms with Crippen LogP contribution in [0.2, 0.25) is 0 Å². The van der Waals surface area contributed by atoms with E-state index in [4.69, 9.17) is 23.8 Å². The van der Waals surface area contributed by atoms with Crippen LogP contribution in [0.1, 0.15) is 0 Å². The number of benzene rings is 1. The maximum atomic E-state index is 11.2. The van der Waals surface area contributed by atoms with Gasteiger partial charge in [0, 0.05) is 18.2 Å². The zero-order chi connectivity index (χ0) is 15.0. The average molecular weight is 295 g/mol. The minimum absolute atomic E-state index is 0.309. The Bertz CT molecular complexity index is 566. The fraction of sp³-hybridized carbons (Fsp3) is 0.385. The summed E-state index contributed by atoms with van der Waals surface area (Å²) < 4.78 is 20.9. The number of hydrogen-bond acceptors (Lipinski definition) is 8. The predicted octanol–water partition coefficient (Wildman–Crippen LogP) is 0.108. The van der Waals surface area contributed by atoms with E-state index >= 15 is 0 Å². The topological polar surface area (TPSA) is 83.5 Å². The molecule has 0 amide bonds. The minimum atomic E-state index is -1.02. The minimum Gasteiger partial charge on any atom is -0.496 e. The Morgan fingerprint density at radius 1 is 1.05 bits per heavy atom. The van der Waals surface area contributed by atoms with Gasteiger partial charge in [-0.05, 0) is 0 Å². The summed E-state index contributed by atoms with van der Waals surface area (Å²) in [6, 6.07) is 5.08. The number of nitrogens with zero attached hydrogens (tertiary/aromatic N) is 1. The lowest BCUT2D eigenvalue weighted by Gasteiger charge is -2.45. The number of rotatable bonds is 4. The van der Waals surface area contributed by atoms with Crippen LogP contribution < -0.4 is 14.2 Å². The van der Waals surface area contributed by atoms with Crippen molar-refractivity contribution in [2.75, 3.05) is 20.8 Å². The summed E-state index contributed by atoms with van der Waals surface area (Å²) in [6.45, 7) is 0.309. The maximum Gasteiger partial charge on any atom is 0.436 e. The van der Waals surface area contributed by atoms with Crippen molar-refractivity contribution < 1.29 is 33.4 Å². The highest BCUT2D eigenvalue weighted by molar-refractivity contribution is 6.30. The first-order chi connectivity index (χ1) is 10.1. The van der Waals surface area contributed by atoms with E-state index in [1.165, 1.54) is 19.3 Å². The molecule has 2 fully saturated rings. The normalized spacial score (nSPS) is 24.3. The predicted molar refractivity (Wildman–Crippen MR) is 66.6 cm³/mol. The second-order valence-electron chi connectivity index (χ2n) is 4.48. The number of hydrogen-bond donors (Lipinski definition) is 0. The Morgan fingerprint density at radius 3 is 2.29 bits per heavy atom. The lowest BCUT2D eigenvalue weighted by Crippen LogP contribution is -2.67. The molecule has 1 aromatic rings. The van der Waals surface area contributed by atoms with E-state index < -0.39 is 24.3 Å². The summed E-state index contributed by atoms with van der Waals surface area (Å²) in [5, 5.41) is 1.26. The molecule has 0 spiro atoms. The molecule has 112 valence electrons. The first-order valence-corrected chi connectivity index (χ1v) is 6.20. The molecule has 3 rings (SSSR count). The zero-order valence-electron chi connectivity index (χ0n) is 11.4. The number of carbonyl (C=O) groups excluding carboxylic acids is 2. The monoisotopic (exact) mass is 295 g/mol. The summed E-state index contributed by atoms with van der Waals surface area (Å²) in [5.41, 5.74) is 0. The molecule has 0 N–H and O–H groups in total. The van der Waals surface area contributed by atoms with Crippen LogP contribution in [-0.4, -0.2) is 50.1 Å². The van der Waals surface area contributed by atoms with Crippen LogP contribution >= 0.6 is 0 Å². The van der Waals surface area contributed by atoms with E-state index in [9.17, 15) is 9.59 Å². The van der Waals surface area contributed by atoms with E-state index in [0.717, 1.165) is 0 Å². The third-order valence-corrected chi connectivity index (χ3v) is 3.17. The Labute approximate surface area is 120 Å². The van der Waals surface area contributed by atoms with Crippen molar-refractivity contribution in [2.24, 2.45) is 0 Å². The summed E-state index contributed by atoms with van der Waals surface area (Å²) in [6.07, 6.45) is -1.16. The Balaban J connectivity index is 1.70. The van der Waals surface area contributed by atoms with Crippen LogP contribution in [0.4, 0.5) is 0 Å². The molecular weight excluding hydrogens is 282 g/mol. The SMILES string of the molecule is COc1cc(OC)cc(OC2CN3OC(=O)C(=O)OC23)c1. The second kappa shape index (κ2) is 5.13. The van der Waals surface area contributed by atoms with Gasteiger partial charge in [0.2, 0.25) is 6.23 Å². The standard InChI is InChI=1S/C13H13NO7/c1-17-7-3-8(18-2)5-9(4-7)19-10-6-14-11(10)20-12(15)13(16)21-14/h3-5,10-11H,6H2,1-2H3. The number of ether oxygens (including phenoxy) is 4. The highest BCUT2D eigenvalue weighted by Gasteiger charge is 2.52. The van der Waals surface area contributed by atoms with Crippen molar-refractivity contribution in [2.45, 2.75) is 12.3 Å². The van der Waals surface area contributed by atoms with Crippen molar-refractivity contribution in [1.82, 2.24) is 5.06 Å². The molecule has 1 aromatic carbocycles. The molecule has 8 nitrogen and oxygen atoms in total. The van der Waals surface area contributed by atoms with Gasteiger partial charge < -0.3 is 23.8 Å². The molecule has 8 heteroatoms. The summed E-state index contributed by atoms with van der Waals surface area (Å²) in [4.78, 5) is 26.9. The second-order valence-corrected chi connectivity index (χ2v) is 4.48. The molecule has 2 heterocycles. The lowest BCUT2D eigenvalue weighted by atomic mass is 10.1. The first-order valence-electron chi connectivity index (χ1n) is 6.20. The maximum absolute atomic E-state index is 11.2. The molecule has 0 aromatic heterocycles. The summed E-state index contributed by atoms with van der Waals surface area (Å²) >= 11 is 0. The molecule has 2 atom stereocenters. The van der Waals surface area contributed by atoms with Gasteiger partial charge in [0.1, 0.15) is 17.2 Å². The van der Waals surface area contributed by atoms with Crippen molar-refractivity contribution in [3.05, 3.63) is 18.2 Å². The lowest BCUT2D eigenvalue weighted by molar-refractivity contribution is -0.329. The average Bonchev–Trinajstić information content (AvgIpc) is 2.49. The van der Waals surface area contributed by atoms with Gasteiger partial charge in [0.05, 0.1) is 20.8 Å². The van der Waals surface area contributed by atoms with Gasteiger partial charge in [0.25, 0.3) is 0 Å². The zero-order valence-corrected chi connectivity index (χ0v) is 11.4. The van der Waals surface area contributed by atoms with Gasteiger partial charge in [-0.25, -0.2) is 9.59 Å². The number of carbonyl (C=O) groups is 2. The molecule has 21 heavy (non-hydrogen) atoms. The van der Waals surface area contributed by atoms with Crippen LogP contribution in [0.5, 0.6) is 17.2 Å². The largest absolute Gasteiger partial charge is 0.496 e. The van der Waals surface area contributed by atoms with Gasteiger partial charge in [-0.2, -0.15) is 0 Å². The van der Waals surface area contributed by atoms with Crippen molar-refractivity contribution >= 4 is 11.9 Å². The quantitative estimate of drug-likeness (QED) is 0.571. The Morgan fingerprint density at radius 2 is 1.67 bits per heavy atom. The number of methoxy groups -OCH3 is 2. The molecule has 2 saturated heterocycles. The molecule has 0 radical (unpaired) electrons. The molecule has 0 aliphatic carbocycles. The van der Waals surface area contributed by atoms with Crippen molar-refractivity contribution in [1.29, 1.82) is 0 Å². The van der Waals surface area contributed by atoms with Crippen molar-refractivity contribution in [3.8, 4) is 17.2 Å². The summed E-state index contributed by atoms with van der Waals surface area (Å²) in [7, 11) is 3.07. The van der Waals surface area contributed by atoms with E-state index in [2.05, 4.69) is 0 Å². The van der Waals surface area contributed by atoms with Crippen LogP contribution in [0.3, 0.4) is 0 Å². The smallest absolute Gasteiger partial charge is 0.436 e. The molecule has 0 saturated carbocycles. The third kappa shape index (κ3) is 2.45. The van der Waals surface area contributed by atoms with Crippen LogP contribution in [0.15, 0.2) is 18.2 Å². The van der Waals surface area contributed by atoms with Gasteiger partial charge in [0.15, 0.2) is 6.10 Å². The first kappa shape index (κ1) is 13.5. The van der Waals surface area contributed by atoms with Gasteiger partial charge in [-0.3, -0.25) is 0 Å².